The van der Waals surface area contributed by atoms with Gasteiger partial charge in [-0.05, 0) is 53.4 Å². The summed E-state index contributed by atoms with van der Waals surface area (Å²) in [6.45, 7) is 4.79. The molecule has 0 amide bonds. The molecule has 3 aromatic rings. The molecule has 0 radical (unpaired) electrons. The smallest absolute Gasteiger partial charge is 0.309 e. The van der Waals surface area contributed by atoms with Crippen molar-refractivity contribution in [1.29, 1.82) is 0 Å². The highest BCUT2D eigenvalue weighted by atomic mass is 16.5. The number of benzene rings is 2. The Kier molecular flexibility index (Phi) is 6.17. The quantitative estimate of drug-likeness (QED) is 0.571. The molecule has 5 heteroatoms. The van der Waals surface area contributed by atoms with Crippen LogP contribution in [0.4, 0.5) is 0 Å². The SMILES string of the molecule is CC(C)c1ccc(COc2ccc(C(=O)c3ccc(CC(=O)O)n3C)cc2)cc1. The Hall–Kier alpha value is -3.34. The zero-order valence-corrected chi connectivity index (χ0v) is 16.9. The number of aromatic nitrogens is 1. The van der Waals surface area contributed by atoms with Gasteiger partial charge in [0.15, 0.2) is 0 Å². The van der Waals surface area contributed by atoms with Crippen LogP contribution in [0.25, 0.3) is 0 Å². The Labute approximate surface area is 170 Å². The van der Waals surface area contributed by atoms with Crippen molar-refractivity contribution in [2.45, 2.75) is 32.8 Å². The molecule has 150 valence electrons. The summed E-state index contributed by atoms with van der Waals surface area (Å²) in [5.74, 6) is 0.109. The fourth-order valence-electron chi connectivity index (χ4n) is 3.13. The van der Waals surface area contributed by atoms with Gasteiger partial charge < -0.3 is 14.4 Å². The van der Waals surface area contributed by atoms with Crippen molar-refractivity contribution in [1.82, 2.24) is 4.57 Å². The highest BCUT2D eigenvalue weighted by Crippen LogP contribution is 2.19. The van der Waals surface area contributed by atoms with Gasteiger partial charge in [-0.3, -0.25) is 9.59 Å². The summed E-state index contributed by atoms with van der Waals surface area (Å²) < 4.78 is 7.45. The van der Waals surface area contributed by atoms with Crippen LogP contribution in [0.5, 0.6) is 5.75 Å². The molecule has 5 nitrogen and oxygen atoms in total. The van der Waals surface area contributed by atoms with E-state index in [0.29, 0.717) is 35.2 Å². The highest BCUT2D eigenvalue weighted by Gasteiger charge is 2.16. The highest BCUT2D eigenvalue weighted by molar-refractivity contribution is 6.08. The number of carboxylic acid groups (broad SMARTS) is 1. The summed E-state index contributed by atoms with van der Waals surface area (Å²) in [5.41, 5.74) is 3.96. The van der Waals surface area contributed by atoms with E-state index in [1.165, 1.54) is 5.56 Å². The average molecular weight is 391 g/mol. The minimum absolute atomic E-state index is 0.116. The number of carbonyl (C=O) groups is 2. The molecule has 0 atom stereocenters. The molecule has 1 aromatic heterocycles. The summed E-state index contributed by atoms with van der Waals surface area (Å²) in [6, 6.07) is 18.7. The number of carboxylic acids is 1. The van der Waals surface area contributed by atoms with E-state index in [1.807, 2.05) is 0 Å². The van der Waals surface area contributed by atoms with Crippen LogP contribution in [0, 0.1) is 0 Å². The number of rotatable bonds is 8. The van der Waals surface area contributed by atoms with Gasteiger partial charge in [0, 0.05) is 18.3 Å². The van der Waals surface area contributed by atoms with Gasteiger partial charge in [0.2, 0.25) is 5.78 Å². The van der Waals surface area contributed by atoms with Crippen molar-refractivity contribution in [3.8, 4) is 5.75 Å². The molecule has 0 spiro atoms. The number of hydrogen-bond donors (Lipinski definition) is 1. The standard InChI is InChI=1S/C24H25NO4/c1-16(2)18-6-4-17(5-7-18)15-29-21-11-8-19(9-12-21)24(28)22-13-10-20(25(22)3)14-23(26)27/h4-13,16H,14-15H2,1-3H3,(H,26,27). The van der Waals surface area contributed by atoms with Crippen molar-refractivity contribution >= 4 is 11.8 Å². The molecule has 0 unspecified atom stereocenters. The topological polar surface area (TPSA) is 68.5 Å². The summed E-state index contributed by atoms with van der Waals surface area (Å²) in [6.07, 6.45) is -0.116. The van der Waals surface area contributed by atoms with E-state index in [0.717, 1.165) is 5.56 Å². The Morgan fingerprint density at radius 1 is 0.966 bits per heavy atom. The van der Waals surface area contributed by atoms with E-state index in [-0.39, 0.29) is 12.2 Å². The summed E-state index contributed by atoms with van der Waals surface area (Å²) in [7, 11) is 1.70. The maximum atomic E-state index is 12.7. The first-order valence-corrected chi connectivity index (χ1v) is 9.58. The van der Waals surface area contributed by atoms with Crippen LogP contribution < -0.4 is 4.74 Å². The van der Waals surface area contributed by atoms with Crippen LogP contribution in [0.2, 0.25) is 0 Å². The van der Waals surface area contributed by atoms with Crippen molar-refractivity contribution in [2.75, 3.05) is 0 Å². The van der Waals surface area contributed by atoms with Gasteiger partial charge in [-0.1, -0.05) is 38.1 Å². The van der Waals surface area contributed by atoms with Crippen LogP contribution in [0.1, 0.15) is 52.6 Å². The molecule has 3 rings (SSSR count). The van der Waals surface area contributed by atoms with Gasteiger partial charge in [0.1, 0.15) is 12.4 Å². The van der Waals surface area contributed by atoms with E-state index < -0.39 is 5.97 Å². The van der Waals surface area contributed by atoms with Crippen LogP contribution in [0.3, 0.4) is 0 Å². The number of aliphatic carboxylic acids is 1. The zero-order chi connectivity index (χ0) is 21.0. The molecule has 1 heterocycles. The molecule has 0 saturated carbocycles. The van der Waals surface area contributed by atoms with Gasteiger partial charge in [0.25, 0.3) is 0 Å². The van der Waals surface area contributed by atoms with Crippen LogP contribution >= 0.6 is 0 Å². The Bertz CT molecular complexity index is 998. The maximum Gasteiger partial charge on any atom is 0.309 e. The zero-order valence-electron chi connectivity index (χ0n) is 16.9. The molecule has 0 aliphatic carbocycles. The van der Waals surface area contributed by atoms with Crippen molar-refractivity contribution in [3.05, 3.63) is 88.7 Å². The van der Waals surface area contributed by atoms with E-state index in [2.05, 4.69) is 38.1 Å². The lowest BCUT2D eigenvalue weighted by atomic mass is 10.0. The normalized spacial score (nSPS) is 10.9. The van der Waals surface area contributed by atoms with Crippen LogP contribution in [-0.4, -0.2) is 21.4 Å². The average Bonchev–Trinajstić information content (AvgIpc) is 3.06. The number of nitrogens with zero attached hydrogens (tertiary/aromatic N) is 1. The second-order valence-corrected chi connectivity index (χ2v) is 7.38. The Morgan fingerprint density at radius 3 is 2.21 bits per heavy atom. The van der Waals surface area contributed by atoms with Gasteiger partial charge in [-0.15, -0.1) is 0 Å². The molecule has 1 N–H and O–H groups in total. The first kappa shape index (κ1) is 20.4. The number of ether oxygens (including phenoxy) is 1. The van der Waals surface area contributed by atoms with Crippen molar-refractivity contribution in [2.24, 2.45) is 7.05 Å². The Morgan fingerprint density at radius 2 is 1.62 bits per heavy atom. The van der Waals surface area contributed by atoms with Crippen LogP contribution in [0.15, 0.2) is 60.7 Å². The van der Waals surface area contributed by atoms with Gasteiger partial charge in [-0.25, -0.2) is 0 Å². The first-order valence-electron chi connectivity index (χ1n) is 9.58. The number of hydrogen-bond acceptors (Lipinski definition) is 3. The summed E-state index contributed by atoms with van der Waals surface area (Å²) in [5, 5.41) is 8.95. The largest absolute Gasteiger partial charge is 0.489 e. The minimum atomic E-state index is -0.925. The molecular weight excluding hydrogens is 366 g/mol. The first-order chi connectivity index (χ1) is 13.8. The van der Waals surface area contributed by atoms with E-state index in [9.17, 15) is 9.59 Å². The van der Waals surface area contributed by atoms with E-state index in [4.69, 9.17) is 9.84 Å². The monoisotopic (exact) mass is 391 g/mol. The second-order valence-electron chi connectivity index (χ2n) is 7.38. The summed E-state index contributed by atoms with van der Waals surface area (Å²) >= 11 is 0. The summed E-state index contributed by atoms with van der Waals surface area (Å²) in [4.78, 5) is 23.6. The lowest BCUT2D eigenvalue weighted by molar-refractivity contribution is -0.136. The molecule has 2 aromatic carbocycles. The fraction of sp³-hybridized carbons (Fsp3) is 0.250. The third kappa shape index (κ3) is 4.93. The third-order valence-corrected chi connectivity index (χ3v) is 4.96. The van der Waals surface area contributed by atoms with Gasteiger partial charge in [0.05, 0.1) is 12.1 Å². The molecule has 29 heavy (non-hydrogen) atoms. The van der Waals surface area contributed by atoms with E-state index >= 15 is 0 Å². The molecule has 0 aliphatic rings. The molecular formula is C24H25NO4. The van der Waals surface area contributed by atoms with Crippen molar-refractivity contribution < 1.29 is 19.4 Å². The maximum absolute atomic E-state index is 12.7. The molecule has 0 aliphatic heterocycles. The molecule has 0 bridgehead atoms. The Balaban J connectivity index is 1.64. The van der Waals surface area contributed by atoms with Gasteiger partial charge in [-0.2, -0.15) is 0 Å². The second kappa shape index (κ2) is 8.78. The fourth-order valence-corrected chi connectivity index (χ4v) is 3.13. The lowest BCUT2D eigenvalue weighted by Gasteiger charge is -2.10. The molecule has 0 fully saturated rings. The van der Waals surface area contributed by atoms with Crippen LogP contribution in [-0.2, 0) is 24.9 Å². The number of carbonyl (C=O) groups excluding carboxylic acids is 1. The van der Waals surface area contributed by atoms with E-state index in [1.54, 1.807) is 48.0 Å². The van der Waals surface area contributed by atoms with Crippen molar-refractivity contribution in [3.63, 3.8) is 0 Å². The number of ketones is 1. The third-order valence-electron chi connectivity index (χ3n) is 4.96. The molecule has 0 saturated heterocycles. The van der Waals surface area contributed by atoms with Gasteiger partial charge >= 0.3 is 5.97 Å². The minimum Gasteiger partial charge on any atom is -0.489 e. The predicted octanol–water partition coefficient (Wildman–Crippen LogP) is 4.59. The predicted molar refractivity (Wildman–Crippen MR) is 111 cm³/mol. The lowest BCUT2D eigenvalue weighted by Crippen LogP contribution is -2.11.